The standard InChI is InChI=1S/C15H14N2O/c18-15(12-7-9-16-10-8-12)17-14-6-5-11-3-1-2-4-13(11)14/h1-4,7-10,14H,5-6H2,(H,17,18). The van der Waals surface area contributed by atoms with Gasteiger partial charge in [0.1, 0.15) is 0 Å². The average molecular weight is 238 g/mol. The molecule has 1 unspecified atom stereocenters. The lowest BCUT2D eigenvalue weighted by Crippen LogP contribution is -2.27. The number of fused-ring (bicyclic) bond motifs is 1. The van der Waals surface area contributed by atoms with Crippen molar-refractivity contribution in [2.24, 2.45) is 0 Å². The van der Waals surface area contributed by atoms with Gasteiger partial charge in [0.15, 0.2) is 0 Å². The summed E-state index contributed by atoms with van der Waals surface area (Å²) in [7, 11) is 0. The van der Waals surface area contributed by atoms with E-state index in [1.165, 1.54) is 11.1 Å². The number of aromatic nitrogens is 1. The molecule has 0 saturated carbocycles. The Labute approximate surface area is 106 Å². The van der Waals surface area contributed by atoms with Crippen molar-refractivity contribution in [1.82, 2.24) is 10.3 Å². The molecule has 1 aliphatic rings. The molecule has 1 N–H and O–H groups in total. The van der Waals surface area contributed by atoms with Crippen LogP contribution in [0.3, 0.4) is 0 Å². The van der Waals surface area contributed by atoms with E-state index in [1.54, 1.807) is 24.5 Å². The van der Waals surface area contributed by atoms with E-state index in [9.17, 15) is 4.79 Å². The van der Waals surface area contributed by atoms with Crippen LogP contribution < -0.4 is 5.32 Å². The third kappa shape index (κ3) is 1.99. The first kappa shape index (κ1) is 11.0. The molecule has 0 spiro atoms. The summed E-state index contributed by atoms with van der Waals surface area (Å²) < 4.78 is 0. The van der Waals surface area contributed by atoms with Gasteiger partial charge in [0, 0.05) is 18.0 Å². The first-order valence-corrected chi connectivity index (χ1v) is 6.13. The quantitative estimate of drug-likeness (QED) is 0.873. The van der Waals surface area contributed by atoms with Crippen LogP contribution in [0, 0.1) is 0 Å². The fraction of sp³-hybridized carbons (Fsp3) is 0.200. The van der Waals surface area contributed by atoms with Gasteiger partial charge >= 0.3 is 0 Å². The Morgan fingerprint density at radius 1 is 1.17 bits per heavy atom. The van der Waals surface area contributed by atoms with Gasteiger partial charge in [0.25, 0.3) is 5.91 Å². The molecule has 1 amide bonds. The van der Waals surface area contributed by atoms with E-state index in [2.05, 4.69) is 22.4 Å². The molecule has 1 aromatic heterocycles. The Morgan fingerprint density at radius 3 is 2.78 bits per heavy atom. The van der Waals surface area contributed by atoms with Gasteiger partial charge in [-0.3, -0.25) is 9.78 Å². The first-order valence-electron chi connectivity index (χ1n) is 6.13. The molecule has 18 heavy (non-hydrogen) atoms. The Kier molecular flexibility index (Phi) is 2.81. The molecule has 0 saturated heterocycles. The van der Waals surface area contributed by atoms with Gasteiger partial charge < -0.3 is 5.32 Å². The Morgan fingerprint density at radius 2 is 1.94 bits per heavy atom. The number of amides is 1. The number of nitrogens with zero attached hydrogens (tertiary/aromatic N) is 1. The molecule has 1 heterocycles. The molecule has 1 atom stereocenters. The second-order valence-electron chi connectivity index (χ2n) is 4.50. The second kappa shape index (κ2) is 4.61. The van der Waals surface area contributed by atoms with Gasteiger partial charge in [-0.25, -0.2) is 0 Å². The normalized spacial score (nSPS) is 17.2. The highest BCUT2D eigenvalue weighted by atomic mass is 16.1. The van der Waals surface area contributed by atoms with Gasteiger partial charge in [-0.2, -0.15) is 0 Å². The predicted molar refractivity (Wildman–Crippen MR) is 69.2 cm³/mol. The van der Waals surface area contributed by atoms with Crippen LogP contribution in [-0.4, -0.2) is 10.9 Å². The van der Waals surface area contributed by atoms with Gasteiger partial charge in [-0.05, 0) is 36.1 Å². The molecule has 2 aromatic rings. The highest BCUT2D eigenvalue weighted by molar-refractivity contribution is 5.94. The lowest BCUT2D eigenvalue weighted by Gasteiger charge is -2.13. The molecular formula is C15H14N2O. The number of carbonyl (C=O) groups is 1. The predicted octanol–water partition coefficient (Wildman–Crippen LogP) is 2.50. The molecule has 0 aliphatic heterocycles. The number of pyridine rings is 1. The molecule has 1 aliphatic carbocycles. The van der Waals surface area contributed by atoms with Crippen molar-refractivity contribution in [3.05, 3.63) is 65.5 Å². The summed E-state index contributed by atoms with van der Waals surface area (Å²) in [5, 5.41) is 3.08. The maximum atomic E-state index is 12.1. The van der Waals surface area contributed by atoms with Crippen molar-refractivity contribution < 1.29 is 4.79 Å². The molecule has 0 fully saturated rings. The summed E-state index contributed by atoms with van der Waals surface area (Å²) in [5.74, 6) is -0.0286. The minimum atomic E-state index is -0.0286. The van der Waals surface area contributed by atoms with Crippen LogP contribution in [-0.2, 0) is 6.42 Å². The van der Waals surface area contributed by atoms with Crippen molar-refractivity contribution >= 4 is 5.91 Å². The number of hydrogen-bond acceptors (Lipinski definition) is 2. The SMILES string of the molecule is O=C(NC1CCc2ccccc21)c1ccncc1. The smallest absolute Gasteiger partial charge is 0.251 e. The average Bonchev–Trinajstić information content (AvgIpc) is 2.83. The summed E-state index contributed by atoms with van der Waals surface area (Å²) in [6.45, 7) is 0. The summed E-state index contributed by atoms with van der Waals surface area (Å²) in [4.78, 5) is 16.0. The van der Waals surface area contributed by atoms with Crippen LogP contribution in [0.25, 0.3) is 0 Å². The molecule has 0 bridgehead atoms. The number of carbonyl (C=O) groups excluding carboxylic acids is 1. The fourth-order valence-electron chi connectivity index (χ4n) is 2.45. The largest absolute Gasteiger partial charge is 0.345 e. The Bertz CT molecular complexity index is 566. The van der Waals surface area contributed by atoms with E-state index in [-0.39, 0.29) is 11.9 Å². The minimum Gasteiger partial charge on any atom is -0.345 e. The van der Waals surface area contributed by atoms with Gasteiger partial charge in [-0.1, -0.05) is 24.3 Å². The summed E-state index contributed by atoms with van der Waals surface area (Å²) in [5.41, 5.74) is 3.26. The monoisotopic (exact) mass is 238 g/mol. The number of benzene rings is 1. The molecular weight excluding hydrogens is 224 g/mol. The van der Waals surface area contributed by atoms with Crippen LogP contribution in [0.15, 0.2) is 48.8 Å². The topological polar surface area (TPSA) is 42.0 Å². The van der Waals surface area contributed by atoms with Crippen molar-refractivity contribution in [2.75, 3.05) is 0 Å². The van der Waals surface area contributed by atoms with E-state index in [0.717, 1.165) is 12.8 Å². The Balaban J connectivity index is 1.77. The van der Waals surface area contributed by atoms with Gasteiger partial charge in [0.2, 0.25) is 0 Å². The Hall–Kier alpha value is -2.16. The fourth-order valence-corrected chi connectivity index (χ4v) is 2.45. The third-order valence-electron chi connectivity index (χ3n) is 3.38. The van der Waals surface area contributed by atoms with Crippen LogP contribution in [0.2, 0.25) is 0 Å². The minimum absolute atomic E-state index is 0.0286. The maximum absolute atomic E-state index is 12.1. The van der Waals surface area contributed by atoms with E-state index in [0.29, 0.717) is 5.56 Å². The van der Waals surface area contributed by atoms with E-state index < -0.39 is 0 Å². The summed E-state index contributed by atoms with van der Waals surface area (Å²) in [6, 6.07) is 11.9. The van der Waals surface area contributed by atoms with Gasteiger partial charge in [-0.15, -0.1) is 0 Å². The lowest BCUT2D eigenvalue weighted by atomic mass is 10.1. The first-order chi connectivity index (χ1) is 8.84. The highest BCUT2D eigenvalue weighted by Gasteiger charge is 2.23. The van der Waals surface area contributed by atoms with Crippen molar-refractivity contribution in [1.29, 1.82) is 0 Å². The molecule has 3 nitrogen and oxygen atoms in total. The molecule has 0 radical (unpaired) electrons. The zero-order chi connectivity index (χ0) is 12.4. The molecule has 1 aromatic carbocycles. The van der Waals surface area contributed by atoms with E-state index in [4.69, 9.17) is 0 Å². The van der Waals surface area contributed by atoms with Crippen molar-refractivity contribution in [3.8, 4) is 0 Å². The lowest BCUT2D eigenvalue weighted by molar-refractivity contribution is 0.0936. The maximum Gasteiger partial charge on any atom is 0.251 e. The molecule has 3 rings (SSSR count). The van der Waals surface area contributed by atoms with E-state index in [1.807, 2.05) is 12.1 Å². The molecule has 3 heteroatoms. The van der Waals surface area contributed by atoms with Crippen LogP contribution in [0.5, 0.6) is 0 Å². The zero-order valence-corrected chi connectivity index (χ0v) is 9.97. The molecule has 90 valence electrons. The van der Waals surface area contributed by atoms with Crippen LogP contribution in [0.1, 0.15) is 33.9 Å². The number of aryl methyl sites for hydroxylation is 1. The third-order valence-corrected chi connectivity index (χ3v) is 3.38. The highest BCUT2D eigenvalue weighted by Crippen LogP contribution is 2.30. The number of rotatable bonds is 2. The second-order valence-corrected chi connectivity index (χ2v) is 4.50. The zero-order valence-electron chi connectivity index (χ0n) is 9.97. The summed E-state index contributed by atoms with van der Waals surface area (Å²) >= 11 is 0. The number of hydrogen-bond donors (Lipinski definition) is 1. The summed E-state index contributed by atoms with van der Waals surface area (Å²) in [6.07, 6.45) is 5.29. The van der Waals surface area contributed by atoms with Crippen LogP contribution >= 0.6 is 0 Å². The van der Waals surface area contributed by atoms with Crippen molar-refractivity contribution in [3.63, 3.8) is 0 Å². The van der Waals surface area contributed by atoms with E-state index >= 15 is 0 Å². The van der Waals surface area contributed by atoms with Crippen LogP contribution in [0.4, 0.5) is 0 Å². The van der Waals surface area contributed by atoms with Gasteiger partial charge in [0.05, 0.1) is 6.04 Å². The number of nitrogens with one attached hydrogen (secondary N) is 1. The van der Waals surface area contributed by atoms with Crippen molar-refractivity contribution in [2.45, 2.75) is 18.9 Å².